The zero-order valence-electron chi connectivity index (χ0n) is 13.1. The van der Waals surface area contributed by atoms with Gasteiger partial charge in [0.2, 0.25) is 0 Å². The normalized spacial score (nSPS) is 23.4. The van der Waals surface area contributed by atoms with Gasteiger partial charge in [-0.05, 0) is 24.8 Å². The van der Waals surface area contributed by atoms with Crippen molar-refractivity contribution in [3.63, 3.8) is 0 Å². The second kappa shape index (κ2) is 5.99. The summed E-state index contributed by atoms with van der Waals surface area (Å²) in [5, 5.41) is 8.03. The average molecular weight is 308 g/mol. The molecule has 1 saturated heterocycles. The Bertz CT molecular complexity index is 692. The number of urea groups is 1. The summed E-state index contributed by atoms with van der Waals surface area (Å²) >= 11 is 0. The number of allylic oxidation sites excluding steroid dienone is 1. The molecule has 118 valence electrons. The Morgan fingerprint density at radius 3 is 2.87 bits per heavy atom. The summed E-state index contributed by atoms with van der Waals surface area (Å²) in [5.74, 6) is 0. The van der Waals surface area contributed by atoms with E-state index >= 15 is 0 Å². The first-order valence-electron chi connectivity index (χ1n) is 8.27. The molecule has 4 rings (SSSR count). The number of rotatable bonds is 1. The number of piperidine rings is 1. The van der Waals surface area contributed by atoms with E-state index in [4.69, 9.17) is 0 Å². The first-order valence-corrected chi connectivity index (χ1v) is 8.27. The van der Waals surface area contributed by atoms with Crippen LogP contribution in [0.3, 0.4) is 0 Å². The molecule has 5 heteroatoms. The molecule has 1 unspecified atom stereocenters. The van der Waals surface area contributed by atoms with Crippen LogP contribution in [0.1, 0.15) is 37.3 Å². The molecule has 0 aromatic heterocycles. The molecule has 0 bridgehead atoms. The van der Waals surface area contributed by atoms with E-state index in [2.05, 4.69) is 22.3 Å². The van der Waals surface area contributed by atoms with Gasteiger partial charge in [0.15, 0.2) is 0 Å². The third kappa shape index (κ3) is 2.67. The summed E-state index contributed by atoms with van der Waals surface area (Å²) in [6.07, 6.45) is 7.70. The Labute approximate surface area is 136 Å². The van der Waals surface area contributed by atoms with Crippen molar-refractivity contribution >= 4 is 18.0 Å². The predicted octanol–water partition coefficient (Wildman–Crippen LogP) is 3.36. The molecule has 5 nitrogen and oxygen atoms in total. The molecule has 1 fully saturated rings. The minimum Gasteiger partial charge on any atom is -0.317 e. The van der Waals surface area contributed by atoms with Crippen molar-refractivity contribution in [1.82, 2.24) is 9.80 Å². The first-order chi connectivity index (χ1) is 11.3. The lowest BCUT2D eigenvalue weighted by molar-refractivity contribution is 0.128. The van der Waals surface area contributed by atoms with Crippen molar-refractivity contribution in [2.45, 2.75) is 31.7 Å². The molecular weight excluding hydrogens is 288 g/mol. The van der Waals surface area contributed by atoms with Crippen LogP contribution in [-0.2, 0) is 0 Å². The molecule has 2 amide bonds. The standard InChI is InChI=1S/C18H20N4O/c23-18(21-11-9-16-15(13-21)12-19-20-16)22-10-5-4-8-17(22)14-6-2-1-3-7-14/h1-3,6-7,12-13,17H,4-5,8-11H2. The summed E-state index contributed by atoms with van der Waals surface area (Å²) in [6.45, 7) is 1.51. The van der Waals surface area contributed by atoms with E-state index in [-0.39, 0.29) is 12.1 Å². The van der Waals surface area contributed by atoms with Gasteiger partial charge in [-0.3, -0.25) is 4.90 Å². The van der Waals surface area contributed by atoms with E-state index in [1.54, 1.807) is 6.21 Å². The maximum absolute atomic E-state index is 13.0. The fraction of sp³-hybridized carbons (Fsp3) is 0.389. The number of hydrogen-bond acceptors (Lipinski definition) is 3. The second-order valence-electron chi connectivity index (χ2n) is 6.22. The van der Waals surface area contributed by atoms with Gasteiger partial charge in [0.1, 0.15) is 0 Å². The maximum atomic E-state index is 13.0. The number of fused-ring (bicyclic) bond motifs is 1. The Balaban J connectivity index is 1.58. The molecule has 3 heterocycles. The van der Waals surface area contributed by atoms with Crippen LogP contribution in [0.25, 0.3) is 0 Å². The highest BCUT2D eigenvalue weighted by atomic mass is 16.2. The van der Waals surface area contributed by atoms with Gasteiger partial charge in [-0.25, -0.2) is 4.79 Å². The van der Waals surface area contributed by atoms with E-state index in [1.165, 1.54) is 12.0 Å². The zero-order valence-corrected chi connectivity index (χ0v) is 13.1. The van der Waals surface area contributed by atoms with E-state index in [0.29, 0.717) is 6.54 Å². The van der Waals surface area contributed by atoms with Crippen molar-refractivity contribution in [2.24, 2.45) is 10.2 Å². The topological polar surface area (TPSA) is 48.3 Å². The van der Waals surface area contributed by atoms with Gasteiger partial charge >= 0.3 is 6.03 Å². The van der Waals surface area contributed by atoms with Gasteiger partial charge in [-0.15, -0.1) is 0 Å². The van der Waals surface area contributed by atoms with Gasteiger partial charge in [0.05, 0.1) is 18.0 Å². The van der Waals surface area contributed by atoms with Crippen LogP contribution in [0.5, 0.6) is 0 Å². The molecule has 0 radical (unpaired) electrons. The quantitative estimate of drug-likeness (QED) is 0.784. The molecule has 0 saturated carbocycles. The van der Waals surface area contributed by atoms with Crippen LogP contribution in [-0.4, -0.2) is 40.8 Å². The number of carbonyl (C=O) groups excluding carboxylic acids is 1. The van der Waals surface area contributed by atoms with Gasteiger partial charge in [0.25, 0.3) is 0 Å². The van der Waals surface area contributed by atoms with E-state index < -0.39 is 0 Å². The van der Waals surface area contributed by atoms with E-state index in [9.17, 15) is 4.79 Å². The van der Waals surface area contributed by atoms with Crippen molar-refractivity contribution in [3.8, 4) is 0 Å². The van der Waals surface area contributed by atoms with Crippen LogP contribution in [0.15, 0.2) is 52.3 Å². The summed E-state index contributed by atoms with van der Waals surface area (Å²) in [5.41, 5.74) is 3.19. The largest absolute Gasteiger partial charge is 0.324 e. The monoisotopic (exact) mass is 308 g/mol. The van der Waals surface area contributed by atoms with Crippen molar-refractivity contribution in [3.05, 3.63) is 47.7 Å². The number of amides is 2. The predicted molar refractivity (Wildman–Crippen MR) is 90.5 cm³/mol. The smallest absolute Gasteiger partial charge is 0.317 e. The Hall–Kier alpha value is -2.43. The van der Waals surface area contributed by atoms with Crippen molar-refractivity contribution in [1.29, 1.82) is 0 Å². The van der Waals surface area contributed by atoms with E-state index in [1.807, 2.05) is 34.2 Å². The van der Waals surface area contributed by atoms with Gasteiger partial charge in [-0.1, -0.05) is 30.3 Å². The van der Waals surface area contributed by atoms with Gasteiger partial charge < -0.3 is 4.90 Å². The highest BCUT2D eigenvalue weighted by Gasteiger charge is 2.32. The van der Waals surface area contributed by atoms with Crippen molar-refractivity contribution in [2.75, 3.05) is 13.1 Å². The summed E-state index contributed by atoms with van der Waals surface area (Å²) in [7, 11) is 0. The van der Waals surface area contributed by atoms with Gasteiger partial charge in [0, 0.05) is 31.3 Å². The van der Waals surface area contributed by atoms with Crippen LogP contribution in [0.4, 0.5) is 4.79 Å². The molecule has 0 spiro atoms. The fourth-order valence-electron chi connectivity index (χ4n) is 3.55. The number of hydrogen-bond donors (Lipinski definition) is 0. The minimum absolute atomic E-state index is 0.102. The highest BCUT2D eigenvalue weighted by Crippen LogP contribution is 2.32. The second-order valence-corrected chi connectivity index (χ2v) is 6.22. The number of likely N-dealkylation sites (tertiary alicyclic amines) is 1. The highest BCUT2D eigenvalue weighted by molar-refractivity contribution is 6.19. The average Bonchev–Trinajstić information content (AvgIpc) is 3.09. The molecule has 0 aliphatic carbocycles. The lowest BCUT2D eigenvalue weighted by atomic mass is 9.95. The number of carbonyl (C=O) groups is 1. The number of benzene rings is 1. The lowest BCUT2D eigenvalue weighted by Gasteiger charge is -2.39. The van der Waals surface area contributed by atoms with Crippen molar-refractivity contribution < 1.29 is 4.79 Å². The van der Waals surface area contributed by atoms with Crippen LogP contribution < -0.4 is 0 Å². The Kier molecular flexibility index (Phi) is 3.69. The summed E-state index contributed by atoms with van der Waals surface area (Å²) in [4.78, 5) is 16.9. The fourth-order valence-corrected chi connectivity index (χ4v) is 3.55. The molecule has 3 aliphatic heterocycles. The molecule has 23 heavy (non-hydrogen) atoms. The first kappa shape index (κ1) is 14.2. The molecular formula is C18H20N4O. The summed E-state index contributed by atoms with van der Waals surface area (Å²) in [6, 6.07) is 10.7. The van der Waals surface area contributed by atoms with E-state index in [0.717, 1.165) is 37.1 Å². The maximum Gasteiger partial charge on any atom is 0.324 e. The minimum atomic E-state index is 0.102. The van der Waals surface area contributed by atoms with Crippen LogP contribution >= 0.6 is 0 Å². The summed E-state index contributed by atoms with van der Waals surface area (Å²) < 4.78 is 0. The Morgan fingerprint density at radius 1 is 1.13 bits per heavy atom. The third-order valence-electron chi connectivity index (χ3n) is 4.77. The lowest BCUT2D eigenvalue weighted by Crippen LogP contribution is -2.46. The molecule has 3 aliphatic rings. The zero-order chi connectivity index (χ0) is 15.6. The Morgan fingerprint density at radius 2 is 2.00 bits per heavy atom. The number of nitrogens with zero attached hydrogens (tertiary/aromatic N) is 4. The third-order valence-corrected chi connectivity index (χ3v) is 4.77. The van der Waals surface area contributed by atoms with Crippen LogP contribution in [0.2, 0.25) is 0 Å². The van der Waals surface area contributed by atoms with Gasteiger partial charge in [-0.2, -0.15) is 10.2 Å². The molecule has 1 aromatic rings. The SMILES string of the molecule is O=C(N1C=C2C=NN=C2CC1)N1CCCCC1c1ccccc1. The molecule has 1 atom stereocenters. The molecule has 0 N–H and O–H groups in total. The molecule has 1 aromatic carbocycles. The van der Waals surface area contributed by atoms with Crippen LogP contribution in [0, 0.1) is 0 Å².